The van der Waals surface area contributed by atoms with Crippen LogP contribution in [0.25, 0.3) is 0 Å². The summed E-state index contributed by atoms with van der Waals surface area (Å²) in [6.07, 6.45) is 13.8. The predicted octanol–water partition coefficient (Wildman–Crippen LogP) is 5.30. The number of hydrogen-bond acceptors (Lipinski definition) is 4. The Hall–Kier alpha value is -0.660. The number of rotatable bonds is 6. The topological polar surface area (TPSA) is 94.9 Å². The van der Waals surface area contributed by atoms with Crippen molar-refractivity contribution >= 4 is 16.0 Å². The molecule has 5 aliphatic rings. The average Bonchev–Trinajstić information content (AvgIpc) is 3.40. The van der Waals surface area contributed by atoms with Gasteiger partial charge in [-0.05, 0) is 123 Å². The molecule has 4 aliphatic carbocycles. The number of fused-ring (bicyclic) bond motifs is 5. The first-order chi connectivity index (χ1) is 16.9. The van der Waals surface area contributed by atoms with Crippen molar-refractivity contribution in [2.75, 3.05) is 12.3 Å². The normalized spacial score (nSPS) is 45.6. The third-order valence-electron chi connectivity index (χ3n) is 12.3. The van der Waals surface area contributed by atoms with Gasteiger partial charge in [0.1, 0.15) is 0 Å². The minimum atomic E-state index is -4.07. The van der Waals surface area contributed by atoms with Gasteiger partial charge >= 0.3 is 0 Å². The first kappa shape index (κ1) is 26.9. The molecular formula is C29H49NO5S. The van der Waals surface area contributed by atoms with Crippen molar-refractivity contribution in [1.82, 2.24) is 4.90 Å². The fourth-order valence-electron chi connectivity index (χ4n) is 10.5. The van der Waals surface area contributed by atoms with Crippen LogP contribution in [0.3, 0.4) is 0 Å². The molecule has 0 radical (unpaired) electrons. The summed E-state index contributed by atoms with van der Waals surface area (Å²) in [6, 6.07) is -0.371. The van der Waals surface area contributed by atoms with Crippen LogP contribution in [0.4, 0.5) is 0 Å². The minimum absolute atomic E-state index is 0.0575. The molecule has 0 aromatic carbocycles. The summed E-state index contributed by atoms with van der Waals surface area (Å²) in [5.41, 5.74) is 0.774. The molecule has 36 heavy (non-hydrogen) atoms. The van der Waals surface area contributed by atoms with Crippen LogP contribution in [0, 0.1) is 46.3 Å². The Morgan fingerprint density at radius 1 is 1.00 bits per heavy atom. The lowest BCUT2D eigenvalue weighted by Gasteiger charge is -2.61. The van der Waals surface area contributed by atoms with Crippen molar-refractivity contribution < 1.29 is 22.9 Å². The third-order valence-corrected chi connectivity index (χ3v) is 13.1. The molecule has 1 aliphatic heterocycles. The highest BCUT2D eigenvalue weighted by Crippen LogP contribution is 2.68. The zero-order valence-electron chi connectivity index (χ0n) is 22.7. The quantitative estimate of drug-likeness (QED) is 0.461. The molecule has 6 nitrogen and oxygen atoms in total. The summed E-state index contributed by atoms with van der Waals surface area (Å²) < 4.78 is 32.0. The van der Waals surface area contributed by atoms with Crippen LogP contribution in [0.1, 0.15) is 104 Å². The zero-order valence-corrected chi connectivity index (χ0v) is 23.5. The molecule has 5 rings (SSSR count). The van der Waals surface area contributed by atoms with Gasteiger partial charge in [-0.15, -0.1) is 0 Å². The van der Waals surface area contributed by atoms with Gasteiger partial charge < -0.3 is 10.0 Å². The van der Waals surface area contributed by atoms with Crippen molar-refractivity contribution in [3.8, 4) is 0 Å². The van der Waals surface area contributed by atoms with Crippen LogP contribution in [0.15, 0.2) is 0 Å². The molecule has 5 fully saturated rings. The smallest absolute Gasteiger partial charge is 0.266 e. The van der Waals surface area contributed by atoms with Crippen molar-refractivity contribution in [3.05, 3.63) is 0 Å². The lowest BCUT2D eigenvalue weighted by Crippen LogP contribution is -2.54. The van der Waals surface area contributed by atoms with E-state index < -0.39 is 10.1 Å². The van der Waals surface area contributed by atoms with Crippen LogP contribution in [0.2, 0.25) is 0 Å². The highest BCUT2D eigenvalue weighted by molar-refractivity contribution is 7.85. The Kier molecular flexibility index (Phi) is 7.35. The second-order valence-corrected chi connectivity index (χ2v) is 15.5. The third kappa shape index (κ3) is 4.79. The zero-order chi connectivity index (χ0) is 25.9. The molecular weight excluding hydrogens is 474 g/mol. The maximum atomic E-state index is 13.0. The van der Waals surface area contributed by atoms with Crippen molar-refractivity contribution in [1.29, 1.82) is 0 Å². The lowest BCUT2D eigenvalue weighted by molar-refractivity contribution is -0.133. The Morgan fingerprint density at radius 2 is 1.72 bits per heavy atom. The van der Waals surface area contributed by atoms with E-state index in [1.807, 2.05) is 0 Å². The maximum Gasteiger partial charge on any atom is 0.266 e. The Balaban J connectivity index is 1.21. The van der Waals surface area contributed by atoms with E-state index in [-0.39, 0.29) is 23.8 Å². The molecule has 4 saturated carbocycles. The lowest BCUT2D eigenvalue weighted by atomic mass is 9.44. The molecule has 7 heteroatoms. The molecule has 1 saturated heterocycles. The number of nitrogens with zero attached hydrogens (tertiary/aromatic N) is 1. The van der Waals surface area contributed by atoms with E-state index in [1.165, 1.54) is 44.9 Å². The standard InChI is InChI=1S/C29H49NO5S/c1-19(6-11-27(32)30-16-4-5-21(30)18-36(33,34)35)24-9-10-25-23-8-7-20-17-22(31)12-14-28(20,2)26(23)13-15-29(24,25)3/h19-26,31H,4-18H2,1-3H3,(H,33,34,35). The number of amides is 1. The fourth-order valence-corrected chi connectivity index (χ4v) is 11.3. The fraction of sp³-hybridized carbons (Fsp3) is 0.966. The maximum absolute atomic E-state index is 13.0. The Labute approximate surface area is 218 Å². The number of likely N-dealkylation sites (tertiary alicyclic amines) is 1. The van der Waals surface area contributed by atoms with Crippen molar-refractivity contribution in [3.63, 3.8) is 0 Å². The van der Waals surface area contributed by atoms with Crippen LogP contribution in [0.5, 0.6) is 0 Å². The molecule has 1 heterocycles. The van der Waals surface area contributed by atoms with E-state index in [9.17, 15) is 22.9 Å². The average molecular weight is 524 g/mol. The van der Waals surface area contributed by atoms with Gasteiger partial charge in [0, 0.05) is 19.0 Å². The number of carbonyl (C=O) groups excluding carboxylic acids is 1. The summed E-state index contributed by atoms with van der Waals surface area (Å²) in [7, 11) is -4.07. The predicted molar refractivity (Wildman–Crippen MR) is 141 cm³/mol. The molecule has 10 atom stereocenters. The summed E-state index contributed by atoms with van der Waals surface area (Å²) in [5, 5.41) is 10.3. The van der Waals surface area contributed by atoms with Gasteiger partial charge in [0.15, 0.2) is 0 Å². The second kappa shape index (κ2) is 9.82. The summed E-state index contributed by atoms with van der Waals surface area (Å²) in [6.45, 7) is 8.07. The van der Waals surface area contributed by atoms with Crippen molar-refractivity contribution in [2.24, 2.45) is 46.3 Å². The van der Waals surface area contributed by atoms with E-state index >= 15 is 0 Å². The highest BCUT2D eigenvalue weighted by Gasteiger charge is 2.60. The van der Waals surface area contributed by atoms with Crippen LogP contribution >= 0.6 is 0 Å². The van der Waals surface area contributed by atoms with Gasteiger partial charge in [-0.25, -0.2) is 0 Å². The first-order valence-corrected chi connectivity index (χ1v) is 16.5. The number of aliphatic hydroxyl groups excluding tert-OH is 1. The van der Waals surface area contributed by atoms with Gasteiger partial charge in [-0.2, -0.15) is 8.42 Å². The molecule has 0 aromatic heterocycles. The molecule has 0 spiro atoms. The first-order valence-electron chi connectivity index (χ1n) is 14.8. The van der Waals surface area contributed by atoms with E-state index in [2.05, 4.69) is 20.8 Å². The molecule has 0 bridgehead atoms. The van der Waals surface area contributed by atoms with Gasteiger partial charge in [0.2, 0.25) is 5.91 Å². The van der Waals surface area contributed by atoms with Crippen LogP contribution in [-0.4, -0.2) is 53.3 Å². The van der Waals surface area contributed by atoms with E-state index in [1.54, 1.807) is 4.90 Å². The van der Waals surface area contributed by atoms with E-state index in [0.717, 1.165) is 43.4 Å². The monoisotopic (exact) mass is 523 g/mol. The summed E-state index contributed by atoms with van der Waals surface area (Å²) in [5.74, 6) is 3.99. The molecule has 206 valence electrons. The van der Waals surface area contributed by atoms with Gasteiger partial charge in [0.05, 0.1) is 11.9 Å². The molecule has 0 aromatic rings. The van der Waals surface area contributed by atoms with Crippen LogP contribution < -0.4 is 0 Å². The number of hydrogen-bond donors (Lipinski definition) is 2. The van der Waals surface area contributed by atoms with Gasteiger partial charge in [0.25, 0.3) is 10.1 Å². The van der Waals surface area contributed by atoms with Gasteiger partial charge in [-0.3, -0.25) is 9.35 Å². The SMILES string of the molecule is CC(CCC(=O)N1CCCC1CS(=O)(=O)O)C1CCC2C3CCC4CC(O)CCC4(C)C3CCC12C. The molecule has 10 unspecified atom stereocenters. The highest BCUT2D eigenvalue weighted by atomic mass is 32.2. The largest absolute Gasteiger partial charge is 0.393 e. The van der Waals surface area contributed by atoms with E-state index in [4.69, 9.17) is 0 Å². The van der Waals surface area contributed by atoms with Gasteiger partial charge in [-0.1, -0.05) is 20.8 Å². The second-order valence-electron chi connectivity index (χ2n) is 14.0. The molecule has 2 N–H and O–H groups in total. The Bertz CT molecular complexity index is 938. The number of carbonyl (C=O) groups is 1. The summed E-state index contributed by atoms with van der Waals surface area (Å²) in [4.78, 5) is 14.7. The van der Waals surface area contributed by atoms with E-state index in [0.29, 0.717) is 48.0 Å². The van der Waals surface area contributed by atoms with Crippen molar-refractivity contribution in [2.45, 2.75) is 116 Å². The Morgan fingerprint density at radius 3 is 2.47 bits per heavy atom. The minimum Gasteiger partial charge on any atom is -0.393 e. The molecule has 1 amide bonds. The van der Waals surface area contributed by atoms with Crippen LogP contribution in [-0.2, 0) is 14.9 Å². The number of aliphatic hydroxyl groups is 1. The summed E-state index contributed by atoms with van der Waals surface area (Å²) >= 11 is 0.